The van der Waals surface area contributed by atoms with Crippen molar-refractivity contribution in [1.82, 2.24) is 4.90 Å². The zero-order chi connectivity index (χ0) is 13.2. The van der Waals surface area contributed by atoms with E-state index >= 15 is 0 Å². The summed E-state index contributed by atoms with van der Waals surface area (Å²) in [5, 5.41) is 9.16. The van der Waals surface area contributed by atoms with Gasteiger partial charge in [0.25, 0.3) is 0 Å². The zero-order valence-corrected chi connectivity index (χ0v) is 11.1. The number of nitrogens with two attached hydrogens (primary N) is 1. The largest absolute Gasteiger partial charge is 0.394 e. The predicted molar refractivity (Wildman–Crippen MR) is 68.0 cm³/mol. The van der Waals surface area contributed by atoms with Crippen LogP contribution >= 0.6 is 0 Å². The number of aliphatic hydroxyl groups excluding tert-OH is 1. The fraction of sp³-hybridized carbons (Fsp3) is 0.923. The SMILES string of the molecule is CC1CN(C(=O)CC2(CN)CCC2)CC(CO)O1. The lowest BCUT2D eigenvalue weighted by atomic mass is 9.66. The van der Waals surface area contributed by atoms with E-state index in [4.69, 9.17) is 15.6 Å². The Morgan fingerprint density at radius 2 is 2.22 bits per heavy atom. The molecule has 2 rings (SSSR count). The van der Waals surface area contributed by atoms with Gasteiger partial charge in [0.15, 0.2) is 0 Å². The third-order valence-corrected chi connectivity index (χ3v) is 4.26. The Morgan fingerprint density at radius 3 is 2.72 bits per heavy atom. The molecule has 2 unspecified atom stereocenters. The molecule has 18 heavy (non-hydrogen) atoms. The molecular formula is C13H24N2O3. The maximum Gasteiger partial charge on any atom is 0.223 e. The second kappa shape index (κ2) is 5.55. The van der Waals surface area contributed by atoms with Crippen molar-refractivity contribution in [3.8, 4) is 0 Å². The number of hydrogen-bond acceptors (Lipinski definition) is 4. The Bertz CT molecular complexity index is 299. The molecule has 0 aromatic heterocycles. The van der Waals surface area contributed by atoms with Crippen molar-refractivity contribution in [3.63, 3.8) is 0 Å². The van der Waals surface area contributed by atoms with Gasteiger partial charge >= 0.3 is 0 Å². The van der Waals surface area contributed by atoms with Crippen LogP contribution in [0.25, 0.3) is 0 Å². The smallest absolute Gasteiger partial charge is 0.223 e. The molecule has 5 heteroatoms. The maximum atomic E-state index is 12.3. The summed E-state index contributed by atoms with van der Waals surface area (Å²) >= 11 is 0. The molecule has 5 nitrogen and oxygen atoms in total. The van der Waals surface area contributed by atoms with Gasteiger partial charge in [0.05, 0.1) is 18.8 Å². The van der Waals surface area contributed by atoms with Gasteiger partial charge in [-0.05, 0) is 31.7 Å². The second-order valence-corrected chi connectivity index (χ2v) is 5.78. The molecule has 1 saturated carbocycles. The van der Waals surface area contributed by atoms with E-state index in [1.54, 1.807) is 0 Å². The van der Waals surface area contributed by atoms with E-state index in [0.717, 1.165) is 12.8 Å². The molecule has 1 amide bonds. The van der Waals surface area contributed by atoms with Crippen LogP contribution in [-0.4, -0.2) is 54.4 Å². The number of aliphatic hydroxyl groups is 1. The first-order valence-electron chi connectivity index (χ1n) is 6.83. The number of carbonyl (C=O) groups excluding carboxylic acids is 1. The molecule has 2 atom stereocenters. The standard InChI is InChI=1S/C13H24N2O3/c1-10-6-15(7-11(8-16)18-10)12(17)5-13(9-14)3-2-4-13/h10-11,16H,2-9,14H2,1H3. The highest BCUT2D eigenvalue weighted by molar-refractivity contribution is 5.77. The summed E-state index contributed by atoms with van der Waals surface area (Å²) in [5.41, 5.74) is 5.84. The van der Waals surface area contributed by atoms with Gasteiger partial charge in [-0.1, -0.05) is 6.42 Å². The number of morpholine rings is 1. The van der Waals surface area contributed by atoms with Gasteiger partial charge in [-0.2, -0.15) is 0 Å². The van der Waals surface area contributed by atoms with Crippen LogP contribution in [0.3, 0.4) is 0 Å². The average Bonchev–Trinajstić information content (AvgIpc) is 2.32. The molecule has 3 N–H and O–H groups in total. The summed E-state index contributed by atoms with van der Waals surface area (Å²) in [6.07, 6.45) is 3.62. The van der Waals surface area contributed by atoms with Gasteiger partial charge in [-0.25, -0.2) is 0 Å². The van der Waals surface area contributed by atoms with Crippen molar-refractivity contribution in [1.29, 1.82) is 0 Å². The highest BCUT2D eigenvalue weighted by Gasteiger charge is 2.39. The Labute approximate surface area is 108 Å². The minimum absolute atomic E-state index is 0.00457. The molecule has 2 fully saturated rings. The number of rotatable bonds is 4. The molecule has 1 aliphatic carbocycles. The third kappa shape index (κ3) is 2.84. The second-order valence-electron chi connectivity index (χ2n) is 5.78. The molecule has 104 valence electrons. The van der Waals surface area contributed by atoms with Gasteiger partial charge in [0.2, 0.25) is 5.91 Å². The molecule has 1 aliphatic heterocycles. The fourth-order valence-electron chi connectivity index (χ4n) is 2.91. The lowest BCUT2D eigenvalue weighted by molar-refractivity contribution is -0.150. The summed E-state index contributed by atoms with van der Waals surface area (Å²) in [7, 11) is 0. The first-order chi connectivity index (χ1) is 8.58. The molecule has 0 aromatic rings. The van der Waals surface area contributed by atoms with Crippen LogP contribution in [0.15, 0.2) is 0 Å². The molecular weight excluding hydrogens is 232 g/mol. The molecule has 0 bridgehead atoms. The van der Waals surface area contributed by atoms with E-state index in [0.29, 0.717) is 26.1 Å². The molecule has 0 spiro atoms. The minimum Gasteiger partial charge on any atom is -0.394 e. The van der Waals surface area contributed by atoms with E-state index < -0.39 is 0 Å². The zero-order valence-electron chi connectivity index (χ0n) is 11.1. The van der Waals surface area contributed by atoms with Gasteiger partial charge in [-0.3, -0.25) is 4.79 Å². The first-order valence-corrected chi connectivity index (χ1v) is 6.83. The lowest BCUT2D eigenvalue weighted by Crippen LogP contribution is -2.52. The van der Waals surface area contributed by atoms with Crippen LogP contribution in [0, 0.1) is 5.41 Å². The lowest BCUT2D eigenvalue weighted by Gasteiger charge is -2.43. The maximum absolute atomic E-state index is 12.3. The minimum atomic E-state index is -0.243. The molecule has 1 heterocycles. The van der Waals surface area contributed by atoms with Crippen molar-refractivity contribution in [2.75, 3.05) is 26.2 Å². The topological polar surface area (TPSA) is 75.8 Å². The van der Waals surface area contributed by atoms with Gasteiger partial charge < -0.3 is 20.5 Å². The fourth-order valence-corrected chi connectivity index (χ4v) is 2.91. The van der Waals surface area contributed by atoms with E-state index in [9.17, 15) is 4.79 Å². The quantitative estimate of drug-likeness (QED) is 0.749. The van der Waals surface area contributed by atoms with Gasteiger partial charge in [-0.15, -0.1) is 0 Å². The molecule has 0 radical (unpaired) electrons. The summed E-state index contributed by atoms with van der Waals surface area (Å²) in [4.78, 5) is 14.1. The van der Waals surface area contributed by atoms with Crippen LogP contribution in [-0.2, 0) is 9.53 Å². The average molecular weight is 256 g/mol. The molecule has 2 aliphatic rings. The van der Waals surface area contributed by atoms with Crippen LogP contribution in [0.1, 0.15) is 32.6 Å². The van der Waals surface area contributed by atoms with Crippen molar-refractivity contribution in [2.24, 2.45) is 11.1 Å². The molecule has 1 saturated heterocycles. The summed E-state index contributed by atoms with van der Waals surface area (Å²) < 4.78 is 5.54. The Kier molecular flexibility index (Phi) is 4.25. The van der Waals surface area contributed by atoms with Crippen LogP contribution < -0.4 is 5.73 Å². The number of hydrogen-bond donors (Lipinski definition) is 2. The normalized spacial score (nSPS) is 30.9. The summed E-state index contributed by atoms with van der Waals surface area (Å²) in [5.74, 6) is 0.161. The highest BCUT2D eigenvalue weighted by Crippen LogP contribution is 2.43. The number of carbonyl (C=O) groups is 1. The van der Waals surface area contributed by atoms with E-state index in [1.807, 2.05) is 11.8 Å². The van der Waals surface area contributed by atoms with Crippen molar-refractivity contribution in [2.45, 2.75) is 44.8 Å². The van der Waals surface area contributed by atoms with Crippen LogP contribution in [0.4, 0.5) is 0 Å². The van der Waals surface area contributed by atoms with Gasteiger partial charge in [0, 0.05) is 19.5 Å². The van der Waals surface area contributed by atoms with Crippen molar-refractivity contribution >= 4 is 5.91 Å². The highest BCUT2D eigenvalue weighted by atomic mass is 16.5. The van der Waals surface area contributed by atoms with Gasteiger partial charge in [0.1, 0.15) is 0 Å². The first kappa shape index (κ1) is 13.8. The summed E-state index contributed by atoms with van der Waals surface area (Å²) in [6, 6.07) is 0. The van der Waals surface area contributed by atoms with E-state index in [2.05, 4.69) is 0 Å². The number of amides is 1. The van der Waals surface area contributed by atoms with Crippen LogP contribution in [0.5, 0.6) is 0 Å². The summed E-state index contributed by atoms with van der Waals surface area (Å²) in [6.45, 7) is 3.62. The van der Waals surface area contributed by atoms with Crippen molar-refractivity contribution < 1.29 is 14.6 Å². The Balaban J connectivity index is 1.91. The number of ether oxygens (including phenoxy) is 1. The monoisotopic (exact) mass is 256 g/mol. The molecule has 0 aromatic carbocycles. The Morgan fingerprint density at radius 1 is 1.50 bits per heavy atom. The number of nitrogens with zero attached hydrogens (tertiary/aromatic N) is 1. The van der Waals surface area contributed by atoms with E-state index in [1.165, 1.54) is 6.42 Å². The van der Waals surface area contributed by atoms with Crippen LogP contribution in [0.2, 0.25) is 0 Å². The van der Waals surface area contributed by atoms with E-state index in [-0.39, 0.29) is 30.1 Å². The third-order valence-electron chi connectivity index (χ3n) is 4.26. The van der Waals surface area contributed by atoms with Crippen molar-refractivity contribution in [3.05, 3.63) is 0 Å². The predicted octanol–water partition coefficient (Wildman–Crippen LogP) is 0.114. The Hall–Kier alpha value is -0.650.